The monoisotopic (exact) mass is 388 g/mol. The van der Waals surface area contributed by atoms with E-state index in [1.165, 1.54) is 102 Å². The van der Waals surface area contributed by atoms with Crippen LogP contribution in [0.5, 0.6) is 0 Å². The number of carbonyl (C=O) groups is 1. The molecule has 0 aliphatic carbocycles. The number of benzene rings is 1. The number of hydrogen-bond donors (Lipinski definition) is 0. The van der Waals surface area contributed by atoms with E-state index in [2.05, 4.69) is 37.3 Å². The minimum absolute atomic E-state index is 0.155. The van der Waals surface area contributed by atoms with Gasteiger partial charge >= 0.3 is 5.97 Å². The van der Waals surface area contributed by atoms with Gasteiger partial charge in [-0.15, -0.1) is 0 Å². The molecule has 0 aliphatic rings. The van der Waals surface area contributed by atoms with Crippen LogP contribution in [0.25, 0.3) is 0 Å². The highest BCUT2D eigenvalue weighted by molar-refractivity contribution is 5.65. The summed E-state index contributed by atoms with van der Waals surface area (Å²) in [6.45, 7) is 4.44. The zero-order chi connectivity index (χ0) is 20.3. The van der Waals surface area contributed by atoms with Gasteiger partial charge in [0.15, 0.2) is 0 Å². The Labute approximate surface area is 174 Å². The molecule has 2 heteroatoms. The van der Waals surface area contributed by atoms with Gasteiger partial charge in [-0.05, 0) is 24.3 Å². The van der Waals surface area contributed by atoms with Gasteiger partial charge in [-0.25, -0.2) is 0 Å². The van der Waals surface area contributed by atoms with Gasteiger partial charge in [0, 0.05) is 6.92 Å². The summed E-state index contributed by atoms with van der Waals surface area (Å²) in [5, 5.41) is 0. The molecule has 160 valence electrons. The Morgan fingerprint density at radius 2 is 1.14 bits per heavy atom. The van der Waals surface area contributed by atoms with E-state index in [4.69, 9.17) is 4.74 Å². The lowest BCUT2D eigenvalue weighted by Gasteiger charge is -2.11. The maximum absolute atomic E-state index is 10.6. The highest BCUT2D eigenvalue weighted by Crippen LogP contribution is 2.22. The standard InChI is InChI=1S/C26H44O2/c1-24(26-21-17-15-18-22-26)20-16-13-11-9-7-5-3-4-6-8-10-12-14-19-23-28-25(2)27/h15,17-18,21-22,24H,3-14,16,19-20,23H2,1-2H3. The van der Waals surface area contributed by atoms with E-state index in [0.717, 1.165) is 6.42 Å². The van der Waals surface area contributed by atoms with Crippen LogP contribution in [0.2, 0.25) is 0 Å². The molecule has 0 saturated heterocycles. The van der Waals surface area contributed by atoms with E-state index >= 15 is 0 Å². The molecule has 0 saturated carbocycles. The van der Waals surface area contributed by atoms with Gasteiger partial charge in [0.25, 0.3) is 0 Å². The lowest BCUT2D eigenvalue weighted by molar-refractivity contribution is -0.141. The second kappa shape index (κ2) is 17.8. The average molecular weight is 389 g/mol. The van der Waals surface area contributed by atoms with Crippen molar-refractivity contribution < 1.29 is 9.53 Å². The van der Waals surface area contributed by atoms with E-state index in [1.807, 2.05) is 0 Å². The first-order chi connectivity index (χ1) is 13.7. The molecule has 28 heavy (non-hydrogen) atoms. The number of hydrogen-bond acceptors (Lipinski definition) is 2. The van der Waals surface area contributed by atoms with Crippen LogP contribution >= 0.6 is 0 Å². The second-order valence-electron chi connectivity index (χ2n) is 8.39. The van der Waals surface area contributed by atoms with Crippen LogP contribution in [-0.4, -0.2) is 12.6 Å². The fraction of sp³-hybridized carbons (Fsp3) is 0.731. The van der Waals surface area contributed by atoms with Crippen molar-refractivity contribution in [3.63, 3.8) is 0 Å². The second-order valence-corrected chi connectivity index (χ2v) is 8.39. The lowest BCUT2D eigenvalue weighted by atomic mass is 9.95. The predicted octanol–water partition coefficient (Wildman–Crippen LogP) is 8.20. The fourth-order valence-corrected chi connectivity index (χ4v) is 3.84. The van der Waals surface area contributed by atoms with Gasteiger partial charge in [0.2, 0.25) is 0 Å². The maximum Gasteiger partial charge on any atom is 0.302 e. The summed E-state index contributed by atoms with van der Waals surface area (Å²) in [5.41, 5.74) is 1.49. The average Bonchev–Trinajstić information content (AvgIpc) is 2.70. The van der Waals surface area contributed by atoms with Gasteiger partial charge in [-0.3, -0.25) is 4.79 Å². The van der Waals surface area contributed by atoms with E-state index in [-0.39, 0.29) is 5.97 Å². The quantitative estimate of drug-likeness (QED) is 0.187. The minimum Gasteiger partial charge on any atom is -0.466 e. The van der Waals surface area contributed by atoms with Crippen LogP contribution < -0.4 is 0 Å². The Balaban J connectivity index is 1.75. The number of carbonyl (C=O) groups excluding carboxylic acids is 1. The molecule has 2 nitrogen and oxygen atoms in total. The molecule has 0 fully saturated rings. The first-order valence-electron chi connectivity index (χ1n) is 11.9. The number of unbranched alkanes of at least 4 members (excludes halogenated alkanes) is 13. The van der Waals surface area contributed by atoms with Gasteiger partial charge in [0.1, 0.15) is 0 Å². The van der Waals surface area contributed by atoms with Crippen LogP contribution in [0, 0.1) is 0 Å². The highest BCUT2D eigenvalue weighted by Gasteiger charge is 2.04. The Morgan fingerprint density at radius 1 is 0.714 bits per heavy atom. The third-order valence-corrected chi connectivity index (χ3v) is 5.71. The third kappa shape index (κ3) is 14.7. The van der Waals surface area contributed by atoms with Crippen molar-refractivity contribution in [3.05, 3.63) is 35.9 Å². The first kappa shape index (κ1) is 24.7. The van der Waals surface area contributed by atoms with Crippen LogP contribution in [0.3, 0.4) is 0 Å². The summed E-state index contributed by atoms with van der Waals surface area (Å²) in [6.07, 6.45) is 20.2. The molecule has 1 unspecified atom stereocenters. The summed E-state index contributed by atoms with van der Waals surface area (Å²) in [6, 6.07) is 10.9. The van der Waals surface area contributed by atoms with Gasteiger partial charge in [0.05, 0.1) is 6.61 Å². The number of ether oxygens (including phenoxy) is 1. The third-order valence-electron chi connectivity index (χ3n) is 5.71. The van der Waals surface area contributed by atoms with Crippen molar-refractivity contribution in [3.8, 4) is 0 Å². The van der Waals surface area contributed by atoms with E-state index < -0.39 is 0 Å². The molecular formula is C26H44O2. The fourth-order valence-electron chi connectivity index (χ4n) is 3.84. The summed E-state index contributed by atoms with van der Waals surface area (Å²) < 4.78 is 4.95. The Morgan fingerprint density at radius 3 is 1.61 bits per heavy atom. The largest absolute Gasteiger partial charge is 0.466 e. The van der Waals surface area contributed by atoms with Crippen molar-refractivity contribution in [2.24, 2.45) is 0 Å². The molecule has 0 radical (unpaired) electrons. The summed E-state index contributed by atoms with van der Waals surface area (Å²) in [5.74, 6) is 0.549. The van der Waals surface area contributed by atoms with Gasteiger partial charge in [-0.1, -0.05) is 121 Å². The van der Waals surface area contributed by atoms with Gasteiger partial charge in [-0.2, -0.15) is 0 Å². The molecule has 0 spiro atoms. The Bertz CT molecular complexity index is 469. The van der Waals surface area contributed by atoms with Crippen molar-refractivity contribution in [1.82, 2.24) is 0 Å². The molecular weight excluding hydrogens is 344 g/mol. The normalized spacial score (nSPS) is 12.1. The van der Waals surface area contributed by atoms with Gasteiger partial charge < -0.3 is 4.74 Å². The number of rotatable bonds is 18. The van der Waals surface area contributed by atoms with Crippen LogP contribution in [-0.2, 0) is 9.53 Å². The zero-order valence-electron chi connectivity index (χ0n) is 18.6. The van der Waals surface area contributed by atoms with Crippen LogP contribution in [0.15, 0.2) is 30.3 Å². The van der Waals surface area contributed by atoms with Crippen LogP contribution in [0.1, 0.15) is 122 Å². The Kier molecular flexibility index (Phi) is 15.7. The molecule has 1 atom stereocenters. The summed E-state index contributed by atoms with van der Waals surface area (Å²) in [4.78, 5) is 10.6. The lowest BCUT2D eigenvalue weighted by Crippen LogP contribution is -2.00. The molecule has 0 aromatic heterocycles. The first-order valence-corrected chi connectivity index (χ1v) is 11.9. The molecule has 0 amide bonds. The smallest absolute Gasteiger partial charge is 0.302 e. The topological polar surface area (TPSA) is 26.3 Å². The molecule has 0 bridgehead atoms. The maximum atomic E-state index is 10.6. The van der Waals surface area contributed by atoms with E-state index in [0.29, 0.717) is 12.5 Å². The molecule has 0 N–H and O–H groups in total. The minimum atomic E-state index is -0.155. The molecule has 0 aliphatic heterocycles. The molecule has 1 aromatic rings. The molecule has 1 rings (SSSR count). The van der Waals surface area contributed by atoms with Crippen molar-refractivity contribution in [2.75, 3.05) is 6.61 Å². The van der Waals surface area contributed by atoms with Crippen molar-refractivity contribution in [1.29, 1.82) is 0 Å². The van der Waals surface area contributed by atoms with Crippen LogP contribution in [0.4, 0.5) is 0 Å². The van der Waals surface area contributed by atoms with E-state index in [9.17, 15) is 4.79 Å². The van der Waals surface area contributed by atoms with Crippen molar-refractivity contribution >= 4 is 5.97 Å². The summed E-state index contributed by atoms with van der Waals surface area (Å²) >= 11 is 0. The molecule has 1 aromatic carbocycles. The zero-order valence-corrected chi connectivity index (χ0v) is 18.6. The molecule has 0 heterocycles. The summed E-state index contributed by atoms with van der Waals surface area (Å²) in [7, 11) is 0. The Hall–Kier alpha value is -1.31. The predicted molar refractivity (Wildman–Crippen MR) is 121 cm³/mol. The van der Waals surface area contributed by atoms with Crippen molar-refractivity contribution in [2.45, 2.75) is 116 Å². The number of esters is 1. The highest BCUT2D eigenvalue weighted by atomic mass is 16.5. The SMILES string of the molecule is CC(=O)OCCCCCCCCCCCCCCCCC(C)c1ccccc1. The van der Waals surface area contributed by atoms with E-state index in [1.54, 1.807) is 0 Å².